The molecule has 0 spiro atoms. The number of unbranched alkanes of at least 4 members (excludes halogenated alkanes) is 2. The van der Waals surface area contributed by atoms with Gasteiger partial charge >= 0.3 is 18.3 Å². The van der Waals surface area contributed by atoms with Gasteiger partial charge in [0.15, 0.2) is 5.96 Å². The van der Waals surface area contributed by atoms with Gasteiger partial charge in [0.2, 0.25) is 11.8 Å². The number of carbonyl (C=O) groups is 3. The van der Waals surface area contributed by atoms with Crippen molar-refractivity contribution < 1.29 is 50.6 Å². The fourth-order valence-electron chi connectivity index (χ4n) is 3.91. The van der Waals surface area contributed by atoms with Gasteiger partial charge in [-0.15, -0.1) is 0 Å². The van der Waals surface area contributed by atoms with Crippen molar-refractivity contribution in [3.05, 3.63) is 95.1 Å². The van der Waals surface area contributed by atoms with Gasteiger partial charge in [0.25, 0.3) is 0 Å². The Morgan fingerprint density at radius 3 is 1.92 bits per heavy atom. The van der Waals surface area contributed by atoms with E-state index < -0.39 is 29.9 Å². The summed E-state index contributed by atoms with van der Waals surface area (Å²) in [5.41, 5.74) is 12.6. The lowest BCUT2D eigenvalue weighted by molar-refractivity contribution is -0.192. The number of alkyl halides is 6. The van der Waals surface area contributed by atoms with Crippen molar-refractivity contribution in [1.82, 2.24) is 10.6 Å². The van der Waals surface area contributed by atoms with Crippen molar-refractivity contribution in [3.63, 3.8) is 0 Å². The lowest BCUT2D eigenvalue weighted by Gasteiger charge is -2.19. The summed E-state index contributed by atoms with van der Waals surface area (Å²) in [6, 6.07) is 17.4. The van der Waals surface area contributed by atoms with Crippen LogP contribution in [0.15, 0.2) is 77.8 Å². The van der Waals surface area contributed by atoms with Crippen LogP contribution in [0, 0.1) is 0 Å². The van der Waals surface area contributed by atoms with Gasteiger partial charge in [-0.3, -0.25) is 9.59 Å². The zero-order valence-electron chi connectivity index (χ0n) is 25.7. The first-order valence-electron chi connectivity index (χ1n) is 14.4. The van der Waals surface area contributed by atoms with Gasteiger partial charge in [0, 0.05) is 13.0 Å². The van der Waals surface area contributed by atoms with Gasteiger partial charge in [-0.25, -0.2) is 9.79 Å². The number of amides is 2. The van der Waals surface area contributed by atoms with Gasteiger partial charge in [-0.1, -0.05) is 56.2 Å². The van der Waals surface area contributed by atoms with E-state index >= 15 is 0 Å². The zero-order valence-corrected chi connectivity index (χ0v) is 25.7. The average Bonchev–Trinajstić information content (AvgIpc) is 3.02. The minimum atomic E-state index is -5.08. The monoisotopic (exact) mass is 683 g/mol. The van der Waals surface area contributed by atoms with Crippen LogP contribution in [-0.2, 0) is 33.7 Å². The molecule has 3 aromatic carbocycles. The first kappa shape index (κ1) is 38.9. The summed E-state index contributed by atoms with van der Waals surface area (Å²) >= 11 is 0. The SMILES string of the molecule is CCCCCC(=O)N[C@@H](C(=O)NCc1ccc(N=C(N)N)cc1)c1ccc(OCc2ccc(C(F)(F)F)cc2)cc1.O=C(O)C(F)(F)F. The molecule has 0 saturated heterocycles. The predicted molar refractivity (Wildman–Crippen MR) is 165 cm³/mol. The maximum absolute atomic E-state index is 13.2. The normalized spacial score (nSPS) is 11.7. The van der Waals surface area contributed by atoms with E-state index in [1.807, 2.05) is 6.92 Å². The van der Waals surface area contributed by atoms with Crippen molar-refractivity contribution in [3.8, 4) is 5.75 Å². The Bertz CT molecular complexity index is 1510. The summed E-state index contributed by atoms with van der Waals surface area (Å²) in [6.07, 6.45) is -6.59. The predicted octanol–water partition coefficient (Wildman–Crippen LogP) is 5.88. The molecular formula is C32H35F6N5O5. The Labute approximate surface area is 272 Å². The highest BCUT2D eigenvalue weighted by Gasteiger charge is 2.38. The van der Waals surface area contributed by atoms with Gasteiger partial charge in [0.1, 0.15) is 18.4 Å². The van der Waals surface area contributed by atoms with Gasteiger partial charge < -0.3 is 31.9 Å². The van der Waals surface area contributed by atoms with Crippen LogP contribution in [0.3, 0.4) is 0 Å². The number of carboxylic acid groups (broad SMARTS) is 1. The average molecular weight is 684 g/mol. The fraction of sp³-hybridized carbons (Fsp3) is 0.312. The Balaban J connectivity index is 0.00000103. The number of aliphatic imine (C=N–C) groups is 1. The number of carboxylic acids is 1. The molecule has 0 heterocycles. The lowest BCUT2D eigenvalue weighted by atomic mass is 10.0. The molecule has 0 unspecified atom stereocenters. The maximum Gasteiger partial charge on any atom is 0.490 e. The highest BCUT2D eigenvalue weighted by molar-refractivity contribution is 5.88. The molecule has 48 heavy (non-hydrogen) atoms. The van der Waals surface area contributed by atoms with Crippen LogP contribution in [0.1, 0.15) is 60.9 Å². The van der Waals surface area contributed by atoms with Crippen LogP contribution in [0.2, 0.25) is 0 Å². The Hall–Kier alpha value is -5.28. The third-order valence-corrected chi connectivity index (χ3v) is 6.38. The molecule has 0 bridgehead atoms. The van der Waals surface area contributed by atoms with E-state index in [1.165, 1.54) is 12.1 Å². The number of nitrogens with zero attached hydrogens (tertiary/aromatic N) is 1. The van der Waals surface area contributed by atoms with Crippen LogP contribution >= 0.6 is 0 Å². The van der Waals surface area contributed by atoms with Crippen molar-refractivity contribution in [2.75, 3.05) is 0 Å². The Morgan fingerprint density at radius 1 is 0.854 bits per heavy atom. The number of benzene rings is 3. The largest absolute Gasteiger partial charge is 0.490 e. The molecule has 1 atom stereocenters. The lowest BCUT2D eigenvalue weighted by Crippen LogP contribution is -2.40. The second-order valence-corrected chi connectivity index (χ2v) is 10.2. The van der Waals surface area contributed by atoms with E-state index in [9.17, 15) is 35.9 Å². The van der Waals surface area contributed by atoms with E-state index in [2.05, 4.69) is 15.6 Å². The minimum Gasteiger partial charge on any atom is -0.489 e. The van der Waals surface area contributed by atoms with Crippen LogP contribution in [0.5, 0.6) is 5.75 Å². The van der Waals surface area contributed by atoms with E-state index in [0.29, 0.717) is 29.0 Å². The summed E-state index contributed by atoms with van der Waals surface area (Å²) in [5.74, 6) is -2.97. The van der Waals surface area contributed by atoms with Crippen molar-refractivity contribution in [2.45, 2.75) is 64.2 Å². The minimum absolute atomic E-state index is 0.0559. The number of hydrogen-bond acceptors (Lipinski definition) is 5. The summed E-state index contributed by atoms with van der Waals surface area (Å²) in [6.45, 7) is 2.33. The molecule has 3 rings (SSSR count). The van der Waals surface area contributed by atoms with Crippen LogP contribution < -0.4 is 26.8 Å². The van der Waals surface area contributed by atoms with Gasteiger partial charge in [-0.2, -0.15) is 26.3 Å². The number of nitrogens with one attached hydrogen (secondary N) is 2. The first-order valence-corrected chi connectivity index (χ1v) is 14.4. The molecule has 16 heteroatoms. The van der Waals surface area contributed by atoms with E-state index in [-0.39, 0.29) is 30.9 Å². The van der Waals surface area contributed by atoms with Crippen LogP contribution in [0.4, 0.5) is 32.0 Å². The number of guanidine groups is 1. The van der Waals surface area contributed by atoms with Crippen LogP contribution in [-0.4, -0.2) is 35.0 Å². The number of halogens is 6. The molecule has 0 aromatic heterocycles. The highest BCUT2D eigenvalue weighted by atomic mass is 19.4. The number of nitrogens with two attached hydrogens (primary N) is 2. The van der Waals surface area contributed by atoms with Gasteiger partial charge in [0.05, 0.1) is 11.3 Å². The summed E-state index contributed by atoms with van der Waals surface area (Å²) in [5, 5.41) is 12.8. The molecule has 0 aliphatic carbocycles. The molecule has 0 aliphatic heterocycles. The van der Waals surface area contributed by atoms with E-state index in [1.54, 1.807) is 48.5 Å². The molecule has 0 radical (unpaired) electrons. The zero-order chi connectivity index (χ0) is 35.9. The molecule has 2 amide bonds. The summed E-state index contributed by atoms with van der Waals surface area (Å²) in [7, 11) is 0. The number of aliphatic carboxylic acids is 1. The van der Waals surface area contributed by atoms with Crippen molar-refractivity contribution in [1.29, 1.82) is 0 Å². The first-order chi connectivity index (χ1) is 22.5. The molecule has 10 nitrogen and oxygen atoms in total. The Morgan fingerprint density at radius 2 is 1.42 bits per heavy atom. The second kappa shape index (κ2) is 18.2. The number of ether oxygens (including phenoxy) is 1. The second-order valence-electron chi connectivity index (χ2n) is 10.2. The maximum atomic E-state index is 13.2. The molecule has 7 N–H and O–H groups in total. The smallest absolute Gasteiger partial charge is 0.489 e. The third-order valence-electron chi connectivity index (χ3n) is 6.38. The number of hydrogen-bond donors (Lipinski definition) is 5. The topological polar surface area (TPSA) is 169 Å². The summed E-state index contributed by atoms with van der Waals surface area (Å²) < 4.78 is 75.8. The van der Waals surface area contributed by atoms with Crippen molar-refractivity contribution >= 4 is 29.4 Å². The molecule has 260 valence electrons. The summed E-state index contributed by atoms with van der Waals surface area (Å²) in [4.78, 5) is 38.7. The third kappa shape index (κ3) is 14.0. The fourth-order valence-corrected chi connectivity index (χ4v) is 3.91. The molecule has 3 aromatic rings. The number of carbonyl (C=O) groups excluding carboxylic acids is 2. The van der Waals surface area contributed by atoms with Crippen molar-refractivity contribution in [2.24, 2.45) is 16.5 Å². The van der Waals surface area contributed by atoms with Gasteiger partial charge in [-0.05, 0) is 59.5 Å². The highest BCUT2D eigenvalue weighted by Crippen LogP contribution is 2.29. The Kier molecular flexibility index (Phi) is 14.7. The molecule has 0 saturated carbocycles. The molecule has 0 fully saturated rings. The standard InChI is InChI=1S/C30H34F3N5O3.C2HF3O2/c1-2-3-4-5-26(39)38-27(28(40)36-18-20-8-14-24(15-9-20)37-29(34)35)22-10-16-25(17-11-22)41-19-21-6-12-23(13-7-21)30(31,32)33;3-2(4,5)1(6)7/h6-17,27H,2-5,18-19H2,1H3,(H,36,40)(H,38,39)(H4,34,35,37);(H,6,7)/t27-;/m1./s1. The van der Waals surface area contributed by atoms with Crippen LogP contribution in [0.25, 0.3) is 0 Å². The van der Waals surface area contributed by atoms with E-state index in [4.69, 9.17) is 26.1 Å². The van der Waals surface area contributed by atoms with E-state index in [0.717, 1.165) is 37.0 Å². The number of rotatable bonds is 13. The molecule has 0 aliphatic rings. The quantitative estimate of drug-likeness (QED) is 0.0649. The molecular weight excluding hydrogens is 648 g/mol.